The predicted molar refractivity (Wildman–Crippen MR) is 96.7 cm³/mol. The summed E-state index contributed by atoms with van der Waals surface area (Å²) in [7, 11) is -3.22. The Balaban J connectivity index is 1.90. The first-order chi connectivity index (χ1) is 11.0. The SMILES string of the molecule is CCCCSCC(=O)Nc1ccc(S(=O)(=O)C2CCCC2)cc1. The lowest BCUT2D eigenvalue weighted by Gasteiger charge is -2.12. The van der Waals surface area contributed by atoms with Crippen LogP contribution in [-0.4, -0.2) is 31.1 Å². The quantitative estimate of drug-likeness (QED) is 0.719. The number of thioether (sulfide) groups is 1. The lowest BCUT2D eigenvalue weighted by Crippen LogP contribution is -2.18. The number of amides is 1. The molecule has 0 aliphatic heterocycles. The zero-order valence-corrected chi connectivity index (χ0v) is 15.2. The Labute approximate surface area is 143 Å². The first kappa shape index (κ1) is 18.3. The number of nitrogens with one attached hydrogen (secondary N) is 1. The molecule has 1 amide bonds. The molecule has 1 aromatic carbocycles. The van der Waals surface area contributed by atoms with Gasteiger partial charge in [-0.1, -0.05) is 26.2 Å². The molecule has 1 saturated carbocycles. The van der Waals surface area contributed by atoms with E-state index in [4.69, 9.17) is 0 Å². The standard InChI is InChI=1S/C17H25NO3S2/c1-2-3-12-22-13-17(19)18-14-8-10-16(11-9-14)23(20,21)15-6-4-5-7-15/h8-11,15H,2-7,12-13H2,1H3,(H,18,19). The van der Waals surface area contributed by atoms with Gasteiger partial charge in [0.1, 0.15) is 0 Å². The summed E-state index contributed by atoms with van der Waals surface area (Å²) in [6, 6.07) is 6.56. The first-order valence-electron chi connectivity index (χ1n) is 8.25. The summed E-state index contributed by atoms with van der Waals surface area (Å²) < 4.78 is 25.0. The fraction of sp³-hybridized carbons (Fsp3) is 0.588. The maximum absolute atomic E-state index is 12.5. The molecule has 0 aromatic heterocycles. The van der Waals surface area contributed by atoms with E-state index in [0.29, 0.717) is 16.3 Å². The van der Waals surface area contributed by atoms with Crippen LogP contribution >= 0.6 is 11.8 Å². The van der Waals surface area contributed by atoms with Gasteiger partial charge in [-0.2, -0.15) is 11.8 Å². The predicted octanol–water partition coefficient (Wildman–Crippen LogP) is 3.87. The van der Waals surface area contributed by atoms with Crippen molar-refractivity contribution in [2.45, 2.75) is 55.6 Å². The van der Waals surface area contributed by atoms with E-state index in [1.807, 2.05) is 0 Å². The van der Waals surface area contributed by atoms with Gasteiger partial charge in [0.25, 0.3) is 0 Å². The molecular weight excluding hydrogens is 330 g/mol. The fourth-order valence-electron chi connectivity index (χ4n) is 2.73. The number of anilines is 1. The van der Waals surface area contributed by atoms with Gasteiger partial charge in [-0.05, 0) is 49.3 Å². The number of rotatable bonds is 8. The van der Waals surface area contributed by atoms with E-state index in [-0.39, 0.29) is 11.2 Å². The molecule has 128 valence electrons. The van der Waals surface area contributed by atoms with Gasteiger partial charge in [0.2, 0.25) is 5.91 Å². The molecular formula is C17H25NO3S2. The molecule has 0 spiro atoms. The molecule has 1 aliphatic rings. The second-order valence-electron chi connectivity index (χ2n) is 5.93. The Kier molecular flexibility index (Phi) is 6.96. The highest BCUT2D eigenvalue weighted by molar-refractivity contribution is 7.99. The Hall–Kier alpha value is -1.01. The van der Waals surface area contributed by atoms with E-state index < -0.39 is 9.84 Å². The Bertz CT molecular complexity index is 605. The molecule has 0 heterocycles. The molecule has 0 radical (unpaired) electrons. The van der Waals surface area contributed by atoms with Gasteiger partial charge in [-0.15, -0.1) is 0 Å². The molecule has 4 nitrogen and oxygen atoms in total. The molecule has 0 bridgehead atoms. The summed E-state index contributed by atoms with van der Waals surface area (Å²) >= 11 is 1.62. The van der Waals surface area contributed by atoms with Gasteiger partial charge in [0, 0.05) is 5.69 Å². The zero-order chi connectivity index (χ0) is 16.7. The topological polar surface area (TPSA) is 63.2 Å². The molecule has 1 aliphatic carbocycles. The van der Waals surface area contributed by atoms with Crippen molar-refractivity contribution < 1.29 is 13.2 Å². The van der Waals surface area contributed by atoms with Crippen molar-refractivity contribution in [1.82, 2.24) is 0 Å². The molecule has 0 atom stereocenters. The van der Waals surface area contributed by atoms with Crippen molar-refractivity contribution in [3.05, 3.63) is 24.3 Å². The van der Waals surface area contributed by atoms with Gasteiger partial charge in [-0.25, -0.2) is 8.42 Å². The van der Waals surface area contributed by atoms with Crippen molar-refractivity contribution in [3.63, 3.8) is 0 Å². The van der Waals surface area contributed by atoms with E-state index in [2.05, 4.69) is 12.2 Å². The van der Waals surface area contributed by atoms with Crippen LogP contribution in [0.15, 0.2) is 29.2 Å². The molecule has 1 fully saturated rings. The minimum atomic E-state index is -3.22. The third-order valence-electron chi connectivity index (χ3n) is 4.08. The largest absolute Gasteiger partial charge is 0.325 e. The van der Waals surface area contributed by atoms with E-state index in [1.165, 1.54) is 0 Å². The summed E-state index contributed by atoms with van der Waals surface area (Å²) in [6.45, 7) is 2.13. The van der Waals surface area contributed by atoms with Gasteiger partial charge in [0.15, 0.2) is 9.84 Å². The summed E-state index contributed by atoms with van der Waals surface area (Å²) in [5, 5.41) is 2.57. The second kappa shape index (κ2) is 8.73. The minimum Gasteiger partial charge on any atom is -0.325 e. The summed E-state index contributed by atoms with van der Waals surface area (Å²) in [5.74, 6) is 1.38. The third kappa shape index (κ3) is 5.24. The van der Waals surface area contributed by atoms with E-state index in [0.717, 1.165) is 44.3 Å². The highest BCUT2D eigenvalue weighted by Crippen LogP contribution is 2.30. The zero-order valence-electron chi connectivity index (χ0n) is 13.6. The van der Waals surface area contributed by atoms with Crippen LogP contribution in [0.4, 0.5) is 5.69 Å². The van der Waals surface area contributed by atoms with Crippen LogP contribution in [0.25, 0.3) is 0 Å². The highest BCUT2D eigenvalue weighted by Gasteiger charge is 2.30. The molecule has 0 saturated heterocycles. The summed E-state index contributed by atoms with van der Waals surface area (Å²) in [4.78, 5) is 12.2. The van der Waals surface area contributed by atoms with Crippen LogP contribution in [0.2, 0.25) is 0 Å². The Morgan fingerprint density at radius 2 is 1.87 bits per heavy atom. The van der Waals surface area contributed by atoms with Crippen molar-refractivity contribution in [2.24, 2.45) is 0 Å². The maximum atomic E-state index is 12.5. The van der Waals surface area contributed by atoms with Crippen molar-refractivity contribution in [2.75, 3.05) is 16.8 Å². The highest BCUT2D eigenvalue weighted by atomic mass is 32.2. The maximum Gasteiger partial charge on any atom is 0.234 e. The third-order valence-corrected chi connectivity index (χ3v) is 7.40. The van der Waals surface area contributed by atoms with Crippen LogP contribution in [0.5, 0.6) is 0 Å². The van der Waals surface area contributed by atoms with Crippen LogP contribution in [0, 0.1) is 0 Å². The van der Waals surface area contributed by atoms with Crippen LogP contribution in [0.1, 0.15) is 45.4 Å². The van der Waals surface area contributed by atoms with Crippen molar-refractivity contribution in [1.29, 1.82) is 0 Å². The average molecular weight is 356 g/mol. The smallest absolute Gasteiger partial charge is 0.234 e. The number of benzene rings is 1. The van der Waals surface area contributed by atoms with Crippen LogP contribution in [0.3, 0.4) is 0 Å². The fourth-order valence-corrected chi connectivity index (χ4v) is 5.48. The second-order valence-corrected chi connectivity index (χ2v) is 9.26. The van der Waals surface area contributed by atoms with Gasteiger partial charge >= 0.3 is 0 Å². The number of hydrogen-bond donors (Lipinski definition) is 1. The molecule has 1 aromatic rings. The van der Waals surface area contributed by atoms with E-state index >= 15 is 0 Å². The van der Waals surface area contributed by atoms with Gasteiger partial charge < -0.3 is 5.32 Å². The van der Waals surface area contributed by atoms with Gasteiger partial charge in [0.05, 0.1) is 15.9 Å². The van der Waals surface area contributed by atoms with E-state index in [9.17, 15) is 13.2 Å². The number of carbonyl (C=O) groups excluding carboxylic acids is 1. The lowest BCUT2D eigenvalue weighted by atomic mass is 10.3. The summed E-state index contributed by atoms with van der Waals surface area (Å²) in [5.41, 5.74) is 0.650. The van der Waals surface area contributed by atoms with Crippen molar-refractivity contribution in [3.8, 4) is 0 Å². The minimum absolute atomic E-state index is 0.0440. The molecule has 2 rings (SSSR count). The number of unbranched alkanes of at least 4 members (excludes halogenated alkanes) is 1. The van der Waals surface area contributed by atoms with Crippen molar-refractivity contribution >= 4 is 33.2 Å². The van der Waals surface area contributed by atoms with Crippen LogP contribution in [-0.2, 0) is 14.6 Å². The molecule has 1 N–H and O–H groups in total. The number of hydrogen-bond acceptors (Lipinski definition) is 4. The van der Waals surface area contributed by atoms with Crippen LogP contribution < -0.4 is 5.32 Å². The molecule has 0 unspecified atom stereocenters. The van der Waals surface area contributed by atoms with E-state index in [1.54, 1.807) is 36.0 Å². The Morgan fingerprint density at radius 1 is 1.22 bits per heavy atom. The first-order valence-corrected chi connectivity index (χ1v) is 11.0. The average Bonchev–Trinajstić information content (AvgIpc) is 3.07. The molecule has 23 heavy (non-hydrogen) atoms. The normalized spacial score (nSPS) is 15.7. The van der Waals surface area contributed by atoms with Gasteiger partial charge in [-0.3, -0.25) is 4.79 Å². The number of carbonyl (C=O) groups is 1. The number of sulfone groups is 1. The molecule has 6 heteroatoms. The Morgan fingerprint density at radius 3 is 2.48 bits per heavy atom. The lowest BCUT2D eigenvalue weighted by molar-refractivity contribution is -0.113. The monoisotopic (exact) mass is 355 g/mol. The summed E-state index contributed by atoms with van der Waals surface area (Å²) in [6.07, 6.45) is 5.75.